The monoisotopic (exact) mass is 310 g/mol. The summed E-state index contributed by atoms with van der Waals surface area (Å²) in [6.07, 6.45) is 6.68. The Morgan fingerprint density at radius 2 is 1.83 bits per heavy atom. The summed E-state index contributed by atoms with van der Waals surface area (Å²) in [5.74, 6) is 6.60. The lowest BCUT2D eigenvalue weighted by molar-refractivity contribution is 0.400. The van der Waals surface area contributed by atoms with E-state index in [0.29, 0.717) is 6.04 Å². The van der Waals surface area contributed by atoms with Gasteiger partial charge in [-0.1, -0.05) is 53.7 Å². The minimum atomic E-state index is 0.290. The van der Waals surface area contributed by atoms with E-state index >= 15 is 0 Å². The van der Waals surface area contributed by atoms with E-state index in [1.54, 1.807) is 0 Å². The van der Waals surface area contributed by atoms with Crippen LogP contribution in [-0.2, 0) is 0 Å². The maximum absolute atomic E-state index is 5.76. The molecule has 1 fully saturated rings. The first kappa shape index (κ1) is 14.0. The lowest BCUT2D eigenvalue weighted by Crippen LogP contribution is -2.29. The molecule has 1 aromatic rings. The first-order chi connectivity index (χ1) is 8.61. The van der Waals surface area contributed by atoms with Crippen LogP contribution in [0.1, 0.15) is 54.8 Å². The van der Waals surface area contributed by atoms with Crippen molar-refractivity contribution in [2.75, 3.05) is 0 Å². The van der Waals surface area contributed by atoms with E-state index in [2.05, 4.69) is 47.3 Å². The topological polar surface area (TPSA) is 38.0 Å². The van der Waals surface area contributed by atoms with Gasteiger partial charge in [0.15, 0.2) is 0 Å². The number of hydrogen-bond acceptors (Lipinski definition) is 2. The van der Waals surface area contributed by atoms with Gasteiger partial charge in [0.05, 0.1) is 0 Å². The fourth-order valence-corrected chi connectivity index (χ4v) is 3.29. The molecule has 0 heterocycles. The Morgan fingerprint density at radius 3 is 2.33 bits per heavy atom. The molecular formula is C15H23BrN2. The van der Waals surface area contributed by atoms with E-state index in [1.807, 2.05) is 0 Å². The summed E-state index contributed by atoms with van der Waals surface area (Å²) in [6.45, 7) is 4.29. The van der Waals surface area contributed by atoms with E-state index in [0.717, 1.165) is 12.3 Å². The zero-order valence-corrected chi connectivity index (χ0v) is 12.9. The van der Waals surface area contributed by atoms with Gasteiger partial charge in [-0.2, -0.15) is 0 Å². The number of halogens is 1. The van der Waals surface area contributed by atoms with Crippen molar-refractivity contribution in [2.24, 2.45) is 11.8 Å². The molecule has 18 heavy (non-hydrogen) atoms. The number of aryl methyl sites for hydroxylation is 2. The molecule has 1 saturated carbocycles. The smallest absolute Gasteiger partial charge is 0.0462 e. The van der Waals surface area contributed by atoms with E-state index in [-0.39, 0.29) is 0 Å². The Labute approximate surface area is 118 Å². The SMILES string of the molecule is Cc1cc(C(CC2CCCC2)NN)cc(C)c1Br. The van der Waals surface area contributed by atoms with Crippen LogP contribution in [0.15, 0.2) is 16.6 Å². The van der Waals surface area contributed by atoms with Gasteiger partial charge in [0.2, 0.25) is 0 Å². The largest absolute Gasteiger partial charge is 0.271 e. The van der Waals surface area contributed by atoms with Gasteiger partial charge in [-0.05, 0) is 42.9 Å². The zero-order chi connectivity index (χ0) is 13.1. The van der Waals surface area contributed by atoms with Gasteiger partial charge < -0.3 is 0 Å². The number of hydrazine groups is 1. The minimum absolute atomic E-state index is 0.290. The standard InChI is InChI=1S/C15H23BrN2/c1-10-7-13(8-11(2)15(10)16)14(18-17)9-12-5-3-4-6-12/h7-8,12,14,18H,3-6,9,17H2,1-2H3. The molecule has 0 spiro atoms. The van der Waals surface area contributed by atoms with Crippen molar-refractivity contribution in [3.8, 4) is 0 Å². The van der Waals surface area contributed by atoms with Crippen molar-refractivity contribution >= 4 is 15.9 Å². The summed E-state index contributed by atoms with van der Waals surface area (Å²) < 4.78 is 1.21. The summed E-state index contributed by atoms with van der Waals surface area (Å²) in [5, 5.41) is 0. The van der Waals surface area contributed by atoms with Crippen molar-refractivity contribution in [3.63, 3.8) is 0 Å². The van der Waals surface area contributed by atoms with Gasteiger partial charge in [0.1, 0.15) is 0 Å². The maximum atomic E-state index is 5.76. The molecule has 2 nitrogen and oxygen atoms in total. The summed E-state index contributed by atoms with van der Waals surface area (Å²) in [7, 11) is 0. The summed E-state index contributed by atoms with van der Waals surface area (Å²) in [6, 6.07) is 4.78. The van der Waals surface area contributed by atoms with Gasteiger partial charge in [0.25, 0.3) is 0 Å². The molecule has 2 rings (SSSR count). The molecule has 1 aromatic carbocycles. The Hall–Kier alpha value is -0.380. The number of rotatable bonds is 4. The van der Waals surface area contributed by atoms with Crippen LogP contribution < -0.4 is 11.3 Å². The van der Waals surface area contributed by atoms with Gasteiger partial charge in [-0.25, -0.2) is 0 Å². The third-order valence-corrected chi connectivity index (χ3v) is 5.36. The predicted molar refractivity (Wildman–Crippen MR) is 80.3 cm³/mol. The molecule has 1 atom stereocenters. The number of benzene rings is 1. The molecule has 0 bridgehead atoms. The average Bonchev–Trinajstić information content (AvgIpc) is 2.85. The summed E-state index contributed by atoms with van der Waals surface area (Å²) >= 11 is 3.62. The van der Waals surface area contributed by atoms with E-state index < -0.39 is 0 Å². The van der Waals surface area contributed by atoms with Crippen molar-refractivity contribution in [1.29, 1.82) is 0 Å². The average molecular weight is 311 g/mol. The molecule has 0 aromatic heterocycles. The summed E-state index contributed by atoms with van der Waals surface area (Å²) in [5.41, 5.74) is 6.90. The van der Waals surface area contributed by atoms with Crippen LogP contribution in [0.4, 0.5) is 0 Å². The molecule has 0 aliphatic heterocycles. The molecule has 100 valence electrons. The van der Waals surface area contributed by atoms with Crippen LogP contribution in [0.25, 0.3) is 0 Å². The van der Waals surface area contributed by atoms with Gasteiger partial charge in [-0.3, -0.25) is 11.3 Å². The van der Waals surface area contributed by atoms with E-state index in [4.69, 9.17) is 5.84 Å². The molecule has 0 radical (unpaired) electrons. The van der Waals surface area contributed by atoms with Crippen LogP contribution in [0, 0.1) is 19.8 Å². The number of nitrogens with one attached hydrogen (secondary N) is 1. The van der Waals surface area contributed by atoms with Gasteiger partial charge in [-0.15, -0.1) is 0 Å². The van der Waals surface area contributed by atoms with Crippen LogP contribution in [0.5, 0.6) is 0 Å². The van der Waals surface area contributed by atoms with Crippen molar-refractivity contribution < 1.29 is 0 Å². The second kappa shape index (κ2) is 6.18. The fraction of sp³-hybridized carbons (Fsp3) is 0.600. The molecule has 1 unspecified atom stereocenters. The van der Waals surface area contributed by atoms with Crippen LogP contribution >= 0.6 is 15.9 Å². The second-order valence-corrected chi connectivity index (χ2v) is 6.37. The van der Waals surface area contributed by atoms with Crippen molar-refractivity contribution in [1.82, 2.24) is 5.43 Å². The van der Waals surface area contributed by atoms with Crippen molar-refractivity contribution in [3.05, 3.63) is 33.3 Å². The fourth-order valence-electron chi connectivity index (χ4n) is 3.06. The molecule has 3 N–H and O–H groups in total. The zero-order valence-electron chi connectivity index (χ0n) is 11.3. The predicted octanol–water partition coefficient (Wildman–Crippen LogP) is 4.15. The van der Waals surface area contributed by atoms with E-state index in [1.165, 1.54) is 46.8 Å². The number of hydrogen-bond donors (Lipinski definition) is 2. The molecule has 0 saturated heterocycles. The molecule has 3 heteroatoms. The maximum Gasteiger partial charge on any atom is 0.0462 e. The second-order valence-electron chi connectivity index (χ2n) is 5.57. The van der Waals surface area contributed by atoms with Crippen LogP contribution in [0.2, 0.25) is 0 Å². The third-order valence-electron chi connectivity index (χ3n) is 4.11. The molecular weight excluding hydrogens is 288 g/mol. The highest BCUT2D eigenvalue weighted by Gasteiger charge is 2.21. The highest BCUT2D eigenvalue weighted by molar-refractivity contribution is 9.10. The van der Waals surface area contributed by atoms with Crippen molar-refractivity contribution in [2.45, 2.75) is 52.0 Å². The highest BCUT2D eigenvalue weighted by atomic mass is 79.9. The molecule has 1 aliphatic rings. The van der Waals surface area contributed by atoms with Crippen LogP contribution in [-0.4, -0.2) is 0 Å². The summed E-state index contributed by atoms with van der Waals surface area (Å²) in [4.78, 5) is 0. The number of nitrogens with two attached hydrogens (primary N) is 1. The first-order valence-electron chi connectivity index (χ1n) is 6.84. The lowest BCUT2D eigenvalue weighted by atomic mass is 9.92. The third kappa shape index (κ3) is 3.14. The lowest BCUT2D eigenvalue weighted by Gasteiger charge is -2.21. The molecule has 1 aliphatic carbocycles. The molecule has 0 amide bonds. The highest BCUT2D eigenvalue weighted by Crippen LogP contribution is 2.34. The Kier molecular flexibility index (Phi) is 4.82. The Bertz CT molecular complexity index is 388. The Balaban J connectivity index is 2.16. The quantitative estimate of drug-likeness (QED) is 0.647. The van der Waals surface area contributed by atoms with Gasteiger partial charge >= 0.3 is 0 Å². The van der Waals surface area contributed by atoms with E-state index in [9.17, 15) is 0 Å². The van der Waals surface area contributed by atoms with Gasteiger partial charge in [0, 0.05) is 10.5 Å². The van der Waals surface area contributed by atoms with Crippen LogP contribution in [0.3, 0.4) is 0 Å². The minimum Gasteiger partial charge on any atom is -0.271 e. The normalized spacial score (nSPS) is 18.2. The Morgan fingerprint density at radius 1 is 1.28 bits per heavy atom. The first-order valence-corrected chi connectivity index (χ1v) is 7.64.